The molecule has 1 aromatic rings. The molecule has 0 unspecified atom stereocenters. The van der Waals surface area contributed by atoms with Crippen molar-refractivity contribution in [3.63, 3.8) is 0 Å². The lowest BCUT2D eigenvalue weighted by Gasteiger charge is -2.29. The summed E-state index contributed by atoms with van der Waals surface area (Å²) in [7, 11) is 1.49. The van der Waals surface area contributed by atoms with Gasteiger partial charge in [0, 0.05) is 0 Å². The van der Waals surface area contributed by atoms with E-state index in [1.165, 1.54) is 7.11 Å². The number of carbonyl (C=O) groups excluding carboxylic acids is 1. The Kier molecular flexibility index (Phi) is 4.83. The van der Waals surface area contributed by atoms with Crippen molar-refractivity contribution < 1.29 is 19.4 Å². The van der Waals surface area contributed by atoms with Crippen LogP contribution >= 0.6 is 0 Å². The molecule has 114 valence electrons. The molecule has 0 bridgehead atoms. The highest BCUT2D eigenvalue weighted by atomic mass is 16.5. The SMILES string of the molecule is COc1ccccc1C(=O)NC1(C(=O)O)CCCCCC1. The number of carbonyl (C=O) groups is 2. The molecule has 1 fully saturated rings. The molecule has 5 nitrogen and oxygen atoms in total. The van der Waals surface area contributed by atoms with Gasteiger partial charge in [-0.1, -0.05) is 37.8 Å². The Morgan fingerprint density at radius 3 is 2.33 bits per heavy atom. The second-order valence-corrected chi connectivity index (χ2v) is 5.46. The van der Waals surface area contributed by atoms with Crippen molar-refractivity contribution in [3.8, 4) is 5.75 Å². The molecule has 2 rings (SSSR count). The average molecular weight is 291 g/mol. The minimum absolute atomic E-state index is 0.366. The van der Waals surface area contributed by atoms with Crippen LogP contribution in [-0.2, 0) is 4.79 Å². The van der Waals surface area contributed by atoms with Gasteiger partial charge in [-0.2, -0.15) is 0 Å². The minimum atomic E-state index is -1.16. The third kappa shape index (κ3) is 3.35. The van der Waals surface area contributed by atoms with Crippen LogP contribution < -0.4 is 10.1 Å². The van der Waals surface area contributed by atoms with Gasteiger partial charge in [-0.15, -0.1) is 0 Å². The molecule has 1 amide bonds. The summed E-state index contributed by atoms with van der Waals surface area (Å²) in [6.07, 6.45) is 4.61. The first-order valence-electron chi connectivity index (χ1n) is 7.28. The molecule has 21 heavy (non-hydrogen) atoms. The standard InChI is InChI=1S/C16H21NO4/c1-21-13-9-5-4-8-12(13)14(18)17-16(15(19)20)10-6-2-3-7-11-16/h4-5,8-9H,2-3,6-7,10-11H2,1H3,(H,17,18)(H,19,20). The largest absolute Gasteiger partial charge is 0.496 e. The van der Waals surface area contributed by atoms with Crippen LogP contribution in [0, 0.1) is 0 Å². The number of ether oxygens (including phenoxy) is 1. The van der Waals surface area contributed by atoms with E-state index in [1.807, 2.05) is 0 Å². The summed E-state index contributed by atoms with van der Waals surface area (Å²) in [5.74, 6) is -0.895. The first-order valence-corrected chi connectivity index (χ1v) is 7.28. The normalized spacial score (nSPS) is 17.6. The van der Waals surface area contributed by atoms with E-state index in [0.717, 1.165) is 25.7 Å². The van der Waals surface area contributed by atoms with Crippen molar-refractivity contribution in [2.45, 2.75) is 44.1 Å². The maximum atomic E-state index is 12.5. The molecule has 5 heteroatoms. The number of hydrogen-bond donors (Lipinski definition) is 2. The second-order valence-electron chi connectivity index (χ2n) is 5.46. The van der Waals surface area contributed by atoms with Crippen molar-refractivity contribution in [2.24, 2.45) is 0 Å². The maximum absolute atomic E-state index is 12.5. The van der Waals surface area contributed by atoms with Gasteiger partial charge in [0.15, 0.2) is 0 Å². The lowest BCUT2D eigenvalue weighted by atomic mass is 9.89. The Labute approximate surface area is 124 Å². The van der Waals surface area contributed by atoms with E-state index in [-0.39, 0.29) is 0 Å². The maximum Gasteiger partial charge on any atom is 0.329 e. The molecule has 1 aliphatic rings. The molecule has 1 aromatic carbocycles. The van der Waals surface area contributed by atoms with Crippen LogP contribution in [0.25, 0.3) is 0 Å². The van der Waals surface area contributed by atoms with E-state index in [1.54, 1.807) is 24.3 Å². The van der Waals surface area contributed by atoms with Gasteiger partial charge in [0.2, 0.25) is 0 Å². The molecular weight excluding hydrogens is 270 g/mol. The summed E-state index contributed by atoms with van der Waals surface area (Å²) in [6, 6.07) is 6.84. The fourth-order valence-electron chi connectivity index (χ4n) is 2.84. The molecule has 0 radical (unpaired) electrons. The zero-order chi connectivity index (χ0) is 15.3. The molecule has 1 saturated carbocycles. The summed E-state index contributed by atoms with van der Waals surface area (Å²) in [5.41, 5.74) is -0.793. The molecule has 0 aromatic heterocycles. The third-order valence-corrected chi connectivity index (χ3v) is 4.07. The van der Waals surface area contributed by atoms with E-state index in [2.05, 4.69) is 5.32 Å². The van der Waals surface area contributed by atoms with Crippen molar-refractivity contribution >= 4 is 11.9 Å². The first-order chi connectivity index (χ1) is 10.1. The number of rotatable bonds is 4. The Balaban J connectivity index is 2.24. The van der Waals surface area contributed by atoms with Gasteiger partial charge in [0.1, 0.15) is 11.3 Å². The van der Waals surface area contributed by atoms with Crippen LogP contribution in [-0.4, -0.2) is 29.6 Å². The van der Waals surface area contributed by atoms with Crippen LogP contribution in [0.3, 0.4) is 0 Å². The average Bonchev–Trinajstić information content (AvgIpc) is 2.73. The lowest BCUT2D eigenvalue weighted by molar-refractivity contribution is -0.145. The summed E-state index contributed by atoms with van der Waals surface area (Å²) in [5, 5.41) is 12.3. The van der Waals surface area contributed by atoms with Gasteiger partial charge in [0.05, 0.1) is 12.7 Å². The number of aliphatic carboxylic acids is 1. The van der Waals surface area contributed by atoms with Gasteiger partial charge in [0.25, 0.3) is 5.91 Å². The summed E-state index contributed by atoms with van der Waals surface area (Å²) >= 11 is 0. The Morgan fingerprint density at radius 2 is 1.76 bits per heavy atom. The van der Waals surface area contributed by atoms with Crippen LogP contribution in [0.1, 0.15) is 48.9 Å². The number of benzene rings is 1. The predicted molar refractivity (Wildman–Crippen MR) is 78.5 cm³/mol. The van der Waals surface area contributed by atoms with Crippen molar-refractivity contribution in [3.05, 3.63) is 29.8 Å². The van der Waals surface area contributed by atoms with Gasteiger partial charge in [-0.25, -0.2) is 4.79 Å². The third-order valence-electron chi connectivity index (χ3n) is 4.07. The van der Waals surface area contributed by atoms with Gasteiger partial charge in [-0.3, -0.25) is 4.79 Å². The number of hydrogen-bond acceptors (Lipinski definition) is 3. The zero-order valence-electron chi connectivity index (χ0n) is 12.2. The number of carboxylic acids is 1. The van der Waals surface area contributed by atoms with Crippen molar-refractivity contribution in [1.82, 2.24) is 5.32 Å². The lowest BCUT2D eigenvalue weighted by Crippen LogP contribution is -2.54. The number of amides is 1. The molecule has 0 aliphatic heterocycles. The number of para-hydroxylation sites is 1. The number of methoxy groups -OCH3 is 1. The fraction of sp³-hybridized carbons (Fsp3) is 0.500. The monoisotopic (exact) mass is 291 g/mol. The molecule has 1 aliphatic carbocycles. The Hall–Kier alpha value is -2.04. The summed E-state index contributed by atoms with van der Waals surface area (Å²) in [6.45, 7) is 0. The van der Waals surface area contributed by atoms with Crippen LogP contribution in [0.5, 0.6) is 5.75 Å². The number of carboxylic acid groups (broad SMARTS) is 1. The topological polar surface area (TPSA) is 75.6 Å². The van der Waals surface area contributed by atoms with Crippen LogP contribution in [0.2, 0.25) is 0 Å². The molecule has 0 saturated heterocycles. The first kappa shape index (κ1) is 15.4. The predicted octanol–water partition coefficient (Wildman–Crippen LogP) is 2.60. The van der Waals surface area contributed by atoms with E-state index in [9.17, 15) is 14.7 Å². The second kappa shape index (κ2) is 6.61. The molecule has 2 N–H and O–H groups in total. The summed E-state index contributed by atoms with van der Waals surface area (Å²) < 4.78 is 5.17. The van der Waals surface area contributed by atoms with Gasteiger partial charge in [-0.05, 0) is 25.0 Å². The van der Waals surface area contributed by atoms with Crippen LogP contribution in [0.15, 0.2) is 24.3 Å². The fourth-order valence-corrected chi connectivity index (χ4v) is 2.84. The van der Waals surface area contributed by atoms with Crippen molar-refractivity contribution in [2.75, 3.05) is 7.11 Å². The van der Waals surface area contributed by atoms with Gasteiger partial charge < -0.3 is 15.2 Å². The highest BCUT2D eigenvalue weighted by molar-refractivity contribution is 6.00. The van der Waals surface area contributed by atoms with Crippen molar-refractivity contribution in [1.29, 1.82) is 0 Å². The molecule has 0 atom stereocenters. The molecule has 0 heterocycles. The molecule has 0 spiro atoms. The minimum Gasteiger partial charge on any atom is -0.496 e. The Morgan fingerprint density at radius 1 is 1.14 bits per heavy atom. The van der Waals surface area contributed by atoms with E-state index >= 15 is 0 Å². The zero-order valence-corrected chi connectivity index (χ0v) is 12.2. The quantitative estimate of drug-likeness (QED) is 0.836. The number of nitrogens with one attached hydrogen (secondary N) is 1. The highest BCUT2D eigenvalue weighted by Crippen LogP contribution is 2.28. The van der Waals surface area contributed by atoms with Crippen LogP contribution in [0.4, 0.5) is 0 Å². The highest BCUT2D eigenvalue weighted by Gasteiger charge is 2.40. The van der Waals surface area contributed by atoms with E-state index in [4.69, 9.17) is 4.74 Å². The van der Waals surface area contributed by atoms with E-state index in [0.29, 0.717) is 24.2 Å². The Bertz CT molecular complexity index is 519. The molecular formula is C16H21NO4. The summed E-state index contributed by atoms with van der Waals surface area (Å²) in [4.78, 5) is 24.2. The van der Waals surface area contributed by atoms with E-state index < -0.39 is 17.4 Å². The van der Waals surface area contributed by atoms with Gasteiger partial charge >= 0.3 is 5.97 Å². The smallest absolute Gasteiger partial charge is 0.329 e.